The van der Waals surface area contributed by atoms with Crippen LogP contribution in [0.15, 0.2) is 0 Å². The van der Waals surface area contributed by atoms with Gasteiger partial charge in [-0.15, -0.1) is 6.42 Å². The Morgan fingerprint density at radius 1 is 1.06 bits per heavy atom. The van der Waals surface area contributed by atoms with Gasteiger partial charge in [0.25, 0.3) is 5.79 Å². The van der Waals surface area contributed by atoms with Crippen molar-refractivity contribution < 1.29 is 23.7 Å². The van der Waals surface area contributed by atoms with Gasteiger partial charge in [-0.2, -0.15) is 0 Å². The highest BCUT2D eigenvalue weighted by Gasteiger charge is 2.64. The van der Waals surface area contributed by atoms with Crippen molar-refractivity contribution in [3.63, 3.8) is 0 Å². The summed E-state index contributed by atoms with van der Waals surface area (Å²) < 4.78 is 29.0. The Hall–Kier alpha value is -0.640. The molecule has 100 valence electrons. The third-order valence-electron chi connectivity index (χ3n) is 3.37. The second-order valence-electron chi connectivity index (χ2n) is 5.80. The molecule has 3 fully saturated rings. The minimum absolute atomic E-state index is 0.177. The van der Waals surface area contributed by atoms with Crippen molar-refractivity contribution in [3.05, 3.63) is 0 Å². The van der Waals surface area contributed by atoms with Crippen LogP contribution < -0.4 is 0 Å². The molecule has 0 saturated carbocycles. The molecule has 3 aliphatic rings. The predicted octanol–water partition coefficient (Wildman–Crippen LogP) is 1.02. The molecule has 0 unspecified atom stereocenters. The fourth-order valence-electron chi connectivity index (χ4n) is 2.83. The first-order valence-electron chi connectivity index (χ1n) is 6.12. The summed E-state index contributed by atoms with van der Waals surface area (Å²) >= 11 is 0. The maximum Gasteiger partial charge on any atom is 0.266 e. The molecule has 0 radical (unpaired) electrons. The molecule has 4 atom stereocenters. The highest BCUT2D eigenvalue weighted by molar-refractivity contribution is 5.16. The van der Waals surface area contributed by atoms with Crippen LogP contribution in [-0.4, -0.2) is 42.3 Å². The Labute approximate surface area is 107 Å². The van der Waals surface area contributed by atoms with Crippen molar-refractivity contribution in [2.24, 2.45) is 0 Å². The molecular formula is C13H18O5. The van der Waals surface area contributed by atoms with E-state index in [0.717, 1.165) is 0 Å². The van der Waals surface area contributed by atoms with Gasteiger partial charge in [0.05, 0.1) is 6.61 Å². The lowest BCUT2D eigenvalue weighted by Crippen LogP contribution is -2.57. The fraction of sp³-hybridized carbons (Fsp3) is 0.846. The maximum absolute atomic E-state index is 5.88. The summed E-state index contributed by atoms with van der Waals surface area (Å²) in [6, 6.07) is 0. The van der Waals surface area contributed by atoms with Crippen LogP contribution in [0.2, 0.25) is 0 Å². The first kappa shape index (κ1) is 12.4. The molecule has 0 aliphatic carbocycles. The monoisotopic (exact) mass is 254 g/mol. The third kappa shape index (κ3) is 1.68. The van der Waals surface area contributed by atoms with Crippen LogP contribution in [0.25, 0.3) is 0 Å². The lowest BCUT2D eigenvalue weighted by atomic mass is 9.98. The van der Waals surface area contributed by atoms with Gasteiger partial charge in [0.1, 0.15) is 12.2 Å². The average molecular weight is 254 g/mol. The zero-order valence-corrected chi connectivity index (χ0v) is 11.1. The van der Waals surface area contributed by atoms with Crippen LogP contribution in [0.1, 0.15) is 27.7 Å². The van der Waals surface area contributed by atoms with Crippen molar-refractivity contribution in [2.45, 2.75) is 63.4 Å². The molecule has 0 N–H and O–H groups in total. The molecule has 0 aromatic rings. The fourth-order valence-corrected chi connectivity index (χ4v) is 2.83. The molecule has 5 heteroatoms. The van der Waals surface area contributed by atoms with E-state index in [4.69, 9.17) is 30.1 Å². The predicted molar refractivity (Wildman–Crippen MR) is 61.4 cm³/mol. The molecule has 0 aromatic carbocycles. The molecule has 3 rings (SSSR count). The molecule has 0 amide bonds. The third-order valence-corrected chi connectivity index (χ3v) is 3.37. The van der Waals surface area contributed by atoms with Gasteiger partial charge in [-0.05, 0) is 33.6 Å². The summed E-state index contributed by atoms with van der Waals surface area (Å²) in [7, 11) is 0. The van der Waals surface area contributed by atoms with Gasteiger partial charge < -0.3 is 23.7 Å². The Kier molecular flexibility index (Phi) is 2.39. The molecule has 5 nitrogen and oxygen atoms in total. The Morgan fingerprint density at radius 3 is 2.44 bits per heavy atom. The SMILES string of the molecule is C#C[C@@]12OC[C@H]3OC(C)(C)O[C@H]3[C@@H]1OC(C)(C)O2. The summed E-state index contributed by atoms with van der Waals surface area (Å²) in [4.78, 5) is 0. The van der Waals surface area contributed by atoms with Crippen LogP contribution in [0.4, 0.5) is 0 Å². The van der Waals surface area contributed by atoms with Crippen LogP contribution >= 0.6 is 0 Å². The normalized spacial score (nSPS) is 48.3. The largest absolute Gasteiger partial charge is 0.342 e. The van der Waals surface area contributed by atoms with E-state index in [1.165, 1.54) is 0 Å². The number of ether oxygens (including phenoxy) is 5. The first-order valence-corrected chi connectivity index (χ1v) is 6.12. The Balaban J connectivity index is 1.94. The van der Waals surface area contributed by atoms with Crippen molar-refractivity contribution in [2.75, 3.05) is 6.61 Å². The van der Waals surface area contributed by atoms with Gasteiger partial charge in [-0.25, -0.2) is 0 Å². The summed E-state index contributed by atoms with van der Waals surface area (Å²) in [6.07, 6.45) is 4.65. The van der Waals surface area contributed by atoms with Crippen molar-refractivity contribution >= 4 is 0 Å². The maximum atomic E-state index is 5.88. The molecule has 3 saturated heterocycles. The number of terminal acetylenes is 1. The zero-order valence-electron chi connectivity index (χ0n) is 11.1. The van der Waals surface area contributed by atoms with Gasteiger partial charge in [-0.1, -0.05) is 0 Å². The van der Waals surface area contributed by atoms with E-state index in [1.54, 1.807) is 0 Å². The van der Waals surface area contributed by atoms with E-state index < -0.39 is 23.5 Å². The molecule has 18 heavy (non-hydrogen) atoms. The van der Waals surface area contributed by atoms with E-state index in [0.29, 0.717) is 6.61 Å². The van der Waals surface area contributed by atoms with Gasteiger partial charge >= 0.3 is 0 Å². The smallest absolute Gasteiger partial charge is 0.266 e. The minimum atomic E-state index is -1.17. The summed E-state index contributed by atoms with van der Waals surface area (Å²) in [6.45, 7) is 7.69. The lowest BCUT2D eigenvalue weighted by Gasteiger charge is -2.37. The number of hydrogen-bond donors (Lipinski definition) is 0. The summed E-state index contributed by atoms with van der Waals surface area (Å²) in [5.41, 5.74) is 0. The molecule has 0 bridgehead atoms. The quantitative estimate of drug-likeness (QED) is 0.604. The van der Waals surface area contributed by atoms with Crippen LogP contribution in [0, 0.1) is 12.3 Å². The number of hydrogen-bond acceptors (Lipinski definition) is 5. The van der Waals surface area contributed by atoms with Crippen molar-refractivity contribution in [3.8, 4) is 12.3 Å². The van der Waals surface area contributed by atoms with Gasteiger partial charge in [0, 0.05) is 0 Å². The first-order chi connectivity index (χ1) is 8.27. The molecule has 0 spiro atoms. The molecule has 3 aliphatic heterocycles. The van der Waals surface area contributed by atoms with Gasteiger partial charge in [0.2, 0.25) is 0 Å². The number of fused-ring (bicyclic) bond motifs is 3. The van der Waals surface area contributed by atoms with Crippen LogP contribution in [0.5, 0.6) is 0 Å². The highest BCUT2D eigenvalue weighted by Crippen LogP contribution is 2.46. The Bertz CT molecular complexity index is 410. The zero-order chi connectivity index (χ0) is 13.2. The van der Waals surface area contributed by atoms with Crippen LogP contribution in [0.3, 0.4) is 0 Å². The summed E-state index contributed by atoms with van der Waals surface area (Å²) in [5.74, 6) is -0.0452. The minimum Gasteiger partial charge on any atom is -0.342 e. The van der Waals surface area contributed by atoms with Gasteiger partial charge in [0.15, 0.2) is 17.7 Å². The van der Waals surface area contributed by atoms with E-state index in [9.17, 15) is 0 Å². The van der Waals surface area contributed by atoms with E-state index in [1.807, 2.05) is 27.7 Å². The average Bonchev–Trinajstić information content (AvgIpc) is 2.70. The van der Waals surface area contributed by atoms with E-state index >= 15 is 0 Å². The Morgan fingerprint density at radius 2 is 1.78 bits per heavy atom. The van der Waals surface area contributed by atoms with E-state index in [-0.39, 0.29) is 12.2 Å². The molecule has 3 heterocycles. The topological polar surface area (TPSA) is 46.2 Å². The van der Waals surface area contributed by atoms with E-state index in [2.05, 4.69) is 5.92 Å². The molecule has 0 aromatic heterocycles. The van der Waals surface area contributed by atoms with Gasteiger partial charge in [-0.3, -0.25) is 0 Å². The number of rotatable bonds is 0. The summed E-state index contributed by atoms with van der Waals surface area (Å²) in [5, 5.41) is 0. The second kappa shape index (κ2) is 3.47. The van der Waals surface area contributed by atoms with Crippen LogP contribution in [-0.2, 0) is 23.7 Å². The van der Waals surface area contributed by atoms with Crippen molar-refractivity contribution in [1.82, 2.24) is 0 Å². The molecular weight excluding hydrogens is 236 g/mol. The highest BCUT2D eigenvalue weighted by atomic mass is 16.9. The lowest BCUT2D eigenvalue weighted by molar-refractivity contribution is -0.247. The standard InChI is InChI=1S/C13H18O5/c1-6-13-10(17-12(4,5)18-13)9-8(7-14-13)15-11(2,3)16-9/h1,8-10H,7H2,2-5H3/t8-,9-,10+,13+/m1/s1. The second-order valence-corrected chi connectivity index (χ2v) is 5.80. The van der Waals surface area contributed by atoms with Crippen molar-refractivity contribution in [1.29, 1.82) is 0 Å².